The highest BCUT2D eigenvalue weighted by Crippen LogP contribution is 2.33. The molecule has 0 spiro atoms. The molecule has 2 aromatic rings. The second kappa shape index (κ2) is 9.01. The molecule has 4 rings (SSSR count). The summed E-state index contributed by atoms with van der Waals surface area (Å²) in [6.45, 7) is 5.95. The number of nitrogens with zero attached hydrogens (tertiary/aromatic N) is 5. The summed E-state index contributed by atoms with van der Waals surface area (Å²) in [7, 11) is 0. The van der Waals surface area contributed by atoms with Crippen molar-refractivity contribution in [2.24, 2.45) is 5.92 Å². The lowest BCUT2D eigenvalue weighted by Gasteiger charge is -2.39. The van der Waals surface area contributed by atoms with E-state index in [9.17, 15) is 18.0 Å². The molecule has 4 heterocycles. The molecule has 2 unspecified atom stereocenters. The van der Waals surface area contributed by atoms with Crippen molar-refractivity contribution in [3.63, 3.8) is 0 Å². The summed E-state index contributed by atoms with van der Waals surface area (Å²) in [6.07, 6.45) is -0.486. The average molecular weight is 449 g/mol. The topological polar surface area (TPSA) is 71.5 Å². The fraction of sp³-hybridized carbons (Fsp3) is 0.545. The quantitative estimate of drug-likeness (QED) is 0.715. The maximum absolute atomic E-state index is 13.5. The van der Waals surface area contributed by atoms with E-state index in [0.29, 0.717) is 44.6 Å². The van der Waals surface area contributed by atoms with E-state index in [-0.39, 0.29) is 35.7 Å². The number of alkyl halides is 3. The van der Waals surface area contributed by atoms with Gasteiger partial charge in [0.05, 0.1) is 12.2 Å². The fourth-order valence-corrected chi connectivity index (χ4v) is 4.34. The Morgan fingerprint density at radius 2 is 1.69 bits per heavy atom. The van der Waals surface area contributed by atoms with Gasteiger partial charge >= 0.3 is 6.18 Å². The Balaban J connectivity index is 1.50. The van der Waals surface area contributed by atoms with Crippen molar-refractivity contribution < 1.29 is 22.7 Å². The maximum atomic E-state index is 13.5. The van der Waals surface area contributed by atoms with E-state index in [1.807, 2.05) is 18.7 Å². The third-order valence-electron chi connectivity index (χ3n) is 5.84. The van der Waals surface area contributed by atoms with E-state index in [1.54, 1.807) is 17.0 Å². The van der Waals surface area contributed by atoms with Crippen LogP contribution in [0.1, 0.15) is 32.4 Å². The van der Waals surface area contributed by atoms with Crippen molar-refractivity contribution in [3.8, 4) is 11.4 Å². The number of aromatic nitrogens is 3. The molecule has 2 saturated heterocycles. The summed E-state index contributed by atoms with van der Waals surface area (Å²) >= 11 is 0. The van der Waals surface area contributed by atoms with Crippen LogP contribution in [0.15, 0.2) is 30.6 Å². The average Bonchev–Trinajstić information content (AvgIpc) is 2.78. The highest BCUT2D eigenvalue weighted by Gasteiger charge is 2.36. The summed E-state index contributed by atoms with van der Waals surface area (Å²) in [4.78, 5) is 28.7. The molecule has 2 aromatic heterocycles. The van der Waals surface area contributed by atoms with Crippen molar-refractivity contribution in [1.29, 1.82) is 0 Å². The van der Waals surface area contributed by atoms with Gasteiger partial charge < -0.3 is 14.5 Å². The van der Waals surface area contributed by atoms with Crippen LogP contribution in [0.5, 0.6) is 0 Å². The van der Waals surface area contributed by atoms with Crippen LogP contribution in [0.2, 0.25) is 0 Å². The molecule has 0 radical (unpaired) electrons. The molecule has 2 aliphatic heterocycles. The Kier molecular flexibility index (Phi) is 6.32. The molecule has 0 aliphatic carbocycles. The summed E-state index contributed by atoms with van der Waals surface area (Å²) in [5, 5.41) is 0. The number of carbonyl (C=O) groups excluding carboxylic acids is 1. The second-order valence-electron chi connectivity index (χ2n) is 8.43. The number of amides is 1. The largest absolute Gasteiger partial charge is 0.433 e. The minimum Gasteiger partial charge on any atom is -0.372 e. The lowest BCUT2D eigenvalue weighted by atomic mass is 9.94. The first kappa shape index (κ1) is 22.4. The molecule has 32 heavy (non-hydrogen) atoms. The van der Waals surface area contributed by atoms with E-state index in [0.717, 1.165) is 6.07 Å². The van der Waals surface area contributed by atoms with Crippen molar-refractivity contribution in [2.75, 3.05) is 31.1 Å². The van der Waals surface area contributed by atoms with Crippen LogP contribution < -0.4 is 4.90 Å². The Labute approximate surface area is 184 Å². The first-order valence-corrected chi connectivity index (χ1v) is 10.8. The molecule has 2 atom stereocenters. The number of hydrogen-bond acceptors (Lipinski definition) is 6. The molecule has 0 saturated carbocycles. The van der Waals surface area contributed by atoms with Crippen LogP contribution in [0.4, 0.5) is 19.0 Å². The van der Waals surface area contributed by atoms with Gasteiger partial charge in [-0.25, -0.2) is 9.97 Å². The van der Waals surface area contributed by atoms with Crippen LogP contribution in [0.25, 0.3) is 11.4 Å². The lowest BCUT2D eigenvalue weighted by Crippen LogP contribution is -2.51. The summed E-state index contributed by atoms with van der Waals surface area (Å²) in [5.74, 6) is 0.181. The third kappa shape index (κ3) is 5.01. The molecule has 7 nitrogen and oxygen atoms in total. The molecule has 1 amide bonds. The van der Waals surface area contributed by atoms with Crippen LogP contribution in [-0.2, 0) is 15.7 Å². The van der Waals surface area contributed by atoms with Gasteiger partial charge in [0.1, 0.15) is 5.82 Å². The van der Waals surface area contributed by atoms with Crippen molar-refractivity contribution in [2.45, 2.75) is 45.1 Å². The molecule has 172 valence electrons. The van der Waals surface area contributed by atoms with Gasteiger partial charge in [0.2, 0.25) is 5.91 Å². The second-order valence-corrected chi connectivity index (χ2v) is 8.43. The monoisotopic (exact) mass is 449 g/mol. The molecule has 0 aromatic carbocycles. The molecular formula is C22H26F3N5O2. The van der Waals surface area contributed by atoms with E-state index < -0.39 is 11.9 Å². The summed E-state index contributed by atoms with van der Waals surface area (Å²) in [5.41, 5.74) is -0.517. The zero-order valence-electron chi connectivity index (χ0n) is 18.0. The number of hydrogen-bond donors (Lipinski definition) is 0. The summed E-state index contributed by atoms with van der Waals surface area (Å²) in [6, 6.07) is 4.14. The van der Waals surface area contributed by atoms with Crippen LogP contribution in [0, 0.1) is 5.92 Å². The normalized spacial score (nSPS) is 22.8. The Morgan fingerprint density at radius 3 is 2.28 bits per heavy atom. The SMILES string of the molecule is CC1CN(C(=O)C2CCN(c3cc(C(F)(F)F)nc(-c4ccncc4)n3)CC2)CC(C)O1. The van der Waals surface area contributed by atoms with Crippen molar-refractivity contribution >= 4 is 11.7 Å². The van der Waals surface area contributed by atoms with Gasteiger partial charge in [-0.2, -0.15) is 13.2 Å². The van der Waals surface area contributed by atoms with Crippen LogP contribution in [-0.4, -0.2) is 64.1 Å². The first-order chi connectivity index (χ1) is 15.2. The standard InChI is InChI=1S/C22H26F3N5O2/c1-14-12-30(13-15(2)32-14)21(31)17-5-9-29(10-6-17)19-11-18(22(23,24)25)27-20(28-19)16-3-7-26-8-4-16/h3-4,7-8,11,14-15,17H,5-6,9-10,12-13H2,1-2H3. The van der Waals surface area contributed by atoms with Gasteiger partial charge in [0.25, 0.3) is 0 Å². The smallest absolute Gasteiger partial charge is 0.372 e. The van der Waals surface area contributed by atoms with Crippen molar-refractivity contribution in [1.82, 2.24) is 19.9 Å². The number of halogens is 3. The number of morpholine rings is 1. The van der Waals surface area contributed by atoms with Crippen LogP contribution in [0.3, 0.4) is 0 Å². The third-order valence-corrected chi connectivity index (χ3v) is 5.84. The Hall–Kier alpha value is -2.75. The first-order valence-electron chi connectivity index (χ1n) is 10.8. The Bertz CT molecular complexity index is 938. The molecule has 0 N–H and O–H groups in total. The summed E-state index contributed by atoms with van der Waals surface area (Å²) < 4.78 is 46.2. The molecule has 0 bridgehead atoms. The van der Waals surface area contributed by atoms with Crippen molar-refractivity contribution in [3.05, 3.63) is 36.3 Å². The van der Waals surface area contributed by atoms with Gasteiger partial charge in [-0.3, -0.25) is 9.78 Å². The molecule has 10 heteroatoms. The molecular weight excluding hydrogens is 423 g/mol. The highest BCUT2D eigenvalue weighted by molar-refractivity contribution is 5.79. The molecule has 2 aliphatic rings. The lowest BCUT2D eigenvalue weighted by molar-refractivity contribution is -0.148. The Morgan fingerprint density at radius 1 is 1.06 bits per heavy atom. The van der Waals surface area contributed by atoms with E-state index in [1.165, 1.54) is 12.4 Å². The number of ether oxygens (including phenoxy) is 1. The van der Waals surface area contributed by atoms with E-state index in [4.69, 9.17) is 4.74 Å². The predicted molar refractivity (Wildman–Crippen MR) is 112 cm³/mol. The van der Waals surface area contributed by atoms with Gasteiger partial charge in [-0.15, -0.1) is 0 Å². The minimum atomic E-state index is -4.59. The highest BCUT2D eigenvalue weighted by atomic mass is 19.4. The number of carbonyl (C=O) groups is 1. The van der Waals surface area contributed by atoms with E-state index in [2.05, 4.69) is 15.0 Å². The predicted octanol–water partition coefficient (Wildman–Crippen LogP) is 3.41. The minimum absolute atomic E-state index is 0.00351. The van der Waals surface area contributed by atoms with E-state index >= 15 is 0 Å². The van der Waals surface area contributed by atoms with Gasteiger partial charge in [0, 0.05) is 56.1 Å². The zero-order valence-corrected chi connectivity index (χ0v) is 18.0. The number of piperidine rings is 1. The molecule has 2 fully saturated rings. The zero-order chi connectivity index (χ0) is 22.9. The van der Waals surface area contributed by atoms with Gasteiger partial charge in [-0.05, 0) is 38.8 Å². The van der Waals surface area contributed by atoms with Gasteiger partial charge in [-0.1, -0.05) is 0 Å². The number of rotatable bonds is 3. The maximum Gasteiger partial charge on any atom is 0.433 e. The number of anilines is 1. The number of pyridine rings is 1. The van der Waals surface area contributed by atoms with Gasteiger partial charge in [0.15, 0.2) is 11.5 Å². The fourth-order valence-electron chi connectivity index (χ4n) is 4.34. The van der Waals surface area contributed by atoms with Crippen LogP contribution >= 0.6 is 0 Å².